The molecule has 0 unspecified atom stereocenters. The first kappa shape index (κ1) is 15.8. The second kappa shape index (κ2) is 7.98. The van der Waals surface area contributed by atoms with Crippen molar-refractivity contribution in [3.8, 4) is 5.69 Å². The zero-order chi connectivity index (χ0) is 15.1. The number of nitrogens with zero attached hydrogens (tertiary/aromatic N) is 1. The Morgan fingerprint density at radius 1 is 1.14 bits per heavy atom. The number of nitrogens with one attached hydrogen (secondary N) is 1. The minimum absolute atomic E-state index is 0.0816. The van der Waals surface area contributed by atoms with Crippen molar-refractivity contribution in [1.29, 1.82) is 0 Å². The molecule has 1 aromatic carbocycles. The van der Waals surface area contributed by atoms with Crippen LogP contribution in [0.2, 0.25) is 0 Å². The fourth-order valence-electron chi connectivity index (χ4n) is 2.52. The van der Waals surface area contributed by atoms with Crippen molar-refractivity contribution in [2.24, 2.45) is 0 Å². The van der Waals surface area contributed by atoms with Crippen LogP contribution in [0.3, 0.4) is 0 Å². The molecule has 1 aromatic heterocycles. The normalized spacial score (nSPS) is 11.0. The van der Waals surface area contributed by atoms with Crippen LogP contribution in [0, 0.1) is 13.8 Å². The van der Waals surface area contributed by atoms with Crippen molar-refractivity contribution in [1.82, 2.24) is 9.88 Å². The summed E-state index contributed by atoms with van der Waals surface area (Å²) in [7, 11) is 0. The number of benzene rings is 1. The molecule has 1 heterocycles. The van der Waals surface area contributed by atoms with Crippen molar-refractivity contribution in [3.63, 3.8) is 0 Å². The Hall–Kier alpha value is -1.62. The number of rotatable bonds is 8. The van der Waals surface area contributed by atoms with Gasteiger partial charge < -0.3 is 19.7 Å². The van der Waals surface area contributed by atoms with E-state index in [9.17, 15) is 0 Å². The Morgan fingerprint density at radius 3 is 2.62 bits per heavy atom. The summed E-state index contributed by atoms with van der Waals surface area (Å²) in [6.07, 6.45) is 0. The zero-order valence-corrected chi connectivity index (χ0v) is 12.8. The number of para-hydroxylation sites is 1. The van der Waals surface area contributed by atoms with Gasteiger partial charge >= 0.3 is 0 Å². The summed E-state index contributed by atoms with van der Waals surface area (Å²) in [4.78, 5) is 0. The van der Waals surface area contributed by atoms with Gasteiger partial charge in [0.2, 0.25) is 0 Å². The van der Waals surface area contributed by atoms with Crippen molar-refractivity contribution >= 4 is 0 Å². The van der Waals surface area contributed by atoms with E-state index in [0.717, 1.165) is 13.1 Å². The monoisotopic (exact) mass is 288 g/mol. The van der Waals surface area contributed by atoms with E-state index in [-0.39, 0.29) is 6.61 Å². The predicted octanol–water partition coefficient (Wildman–Crippen LogP) is 2.19. The van der Waals surface area contributed by atoms with E-state index < -0.39 is 0 Å². The average Bonchev–Trinajstić information content (AvgIpc) is 2.78. The van der Waals surface area contributed by atoms with Crippen LogP contribution in [0.15, 0.2) is 36.4 Å². The summed E-state index contributed by atoms with van der Waals surface area (Å²) in [6, 6.07) is 12.6. The molecule has 2 rings (SSSR count). The highest BCUT2D eigenvalue weighted by Gasteiger charge is 2.09. The van der Waals surface area contributed by atoms with Crippen molar-refractivity contribution in [2.75, 3.05) is 26.4 Å². The maximum Gasteiger partial charge on any atom is 0.0698 e. The highest BCUT2D eigenvalue weighted by atomic mass is 16.5. The van der Waals surface area contributed by atoms with Crippen LogP contribution in [-0.4, -0.2) is 36.0 Å². The van der Waals surface area contributed by atoms with E-state index in [1.54, 1.807) is 0 Å². The third kappa shape index (κ3) is 4.17. The van der Waals surface area contributed by atoms with Gasteiger partial charge in [0.25, 0.3) is 0 Å². The van der Waals surface area contributed by atoms with Gasteiger partial charge in [-0.3, -0.25) is 0 Å². The van der Waals surface area contributed by atoms with E-state index in [4.69, 9.17) is 9.84 Å². The Labute approximate surface area is 126 Å². The van der Waals surface area contributed by atoms with Crippen LogP contribution in [0.5, 0.6) is 0 Å². The maximum absolute atomic E-state index is 8.63. The standard InChI is InChI=1S/C17H24N2O2/c1-14-12-16(13-18-8-10-21-11-9-20)15(2)19(14)17-6-4-3-5-7-17/h3-7,12,18,20H,8-11,13H2,1-2H3. The minimum Gasteiger partial charge on any atom is -0.394 e. The number of aliphatic hydroxyl groups excluding tert-OH is 1. The molecular weight excluding hydrogens is 264 g/mol. The summed E-state index contributed by atoms with van der Waals surface area (Å²) in [5.74, 6) is 0. The summed E-state index contributed by atoms with van der Waals surface area (Å²) >= 11 is 0. The van der Waals surface area contributed by atoms with E-state index in [2.05, 4.69) is 54.1 Å². The topological polar surface area (TPSA) is 46.4 Å². The third-order valence-electron chi connectivity index (χ3n) is 3.52. The van der Waals surface area contributed by atoms with Crippen LogP contribution >= 0.6 is 0 Å². The molecule has 0 aliphatic carbocycles. The van der Waals surface area contributed by atoms with E-state index in [1.165, 1.54) is 22.6 Å². The van der Waals surface area contributed by atoms with Gasteiger partial charge in [-0.15, -0.1) is 0 Å². The Kier molecular flexibility index (Phi) is 5.99. The lowest BCUT2D eigenvalue weighted by Gasteiger charge is -2.10. The lowest BCUT2D eigenvalue weighted by atomic mass is 10.2. The molecule has 2 N–H and O–H groups in total. The number of hydrogen-bond donors (Lipinski definition) is 2. The first-order chi connectivity index (χ1) is 10.2. The van der Waals surface area contributed by atoms with Crippen LogP contribution in [0.1, 0.15) is 17.0 Å². The van der Waals surface area contributed by atoms with E-state index >= 15 is 0 Å². The molecule has 0 saturated carbocycles. The second-order valence-corrected chi connectivity index (χ2v) is 5.08. The third-order valence-corrected chi connectivity index (χ3v) is 3.52. The van der Waals surface area contributed by atoms with Gasteiger partial charge in [0.15, 0.2) is 0 Å². The SMILES string of the molecule is Cc1cc(CNCCOCCO)c(C)n1-c1ccccc1. The largest absolute Gasteiger partial charge is 0.394 e. The summed E-state index contributed by atoms with van der Waals surface area (Å²) < 4.78 is 7.51. The molecule has 0 amide bonds. The van der Waals surface area contributed by atoms with E-state index in [1.807, 2.05) is 6.07 Å². The highest BCUT2D eigenvalue weighted by Crippen LogP contribution is 2.20. The number of aromatic nitrogens is 1. The molecule has 4 nitrogen and oxygen atoms in total. The van der Waals surface area contributed by atoms with Gasteiger partial charge in [-0.1, -0.05) is 18.2 Å². The fraction of sp³-hybridized carbons (Fsp3) is 0.412. The molecule has 0 fully saturated rings. The number of ether oxygens (including phenoxy) is 1. The average molecular weight is 288 g/mol. The fourth-order valence-corrected chi connectivity index (χ4v) is 2.52. The van der Waals surface area contributed by atoms with Crippen LogP contribution in [-0.2, 0) is 11.3 Å². The number of aryl methyl sites for hydroxylation is 1. The quantitative estimate of drug-likeness (QED) is 0.732. The van der Waals surface area contributed by atoms with Gasteiger partial charge in [-0.05, 0) is 37.6 Å². The van der Waals surface area contributed by atoms with Gasteiger partial charge in [0.1, 0.15) is 0 Å². The molecule has 0 spiro atoms. The van der Waals surface area contributed by atoms with Crippen LogP contribution in [0.25, 0.3) is 5.69 Å². The molecule has 0 aliphatic rings. The lowest BCUT2D eigenvalue weighted by Crippen LogP contribution is -2.20. The molecule has 0 atom stereocenters. The molecule has 0 bridgehead atoms. The predicted molar refractivity (Wildman–Crippen MR) is 84.9 cm³/mol. The number of aliphatic hydroxyl groups is 1. The van der Waals surface area contributed by atoms with Crippen molar-refractivity contribution in [2.45, 2.75) is 20.4 Å². The van der Waals surface area contributed by atoms with Gasteiger partial charge in [-0.2, -0.15) is 0 Å². The highest BCUT2D eigenvalue weighted by molar-refractivity contribution is 5.40. The van der Waals surface area contributed by atoms with Crippen molar-refractivity contribution in [3.05, 3.63) is 53.3 Å². The molecule has 21 heavy (non-hydrogen) atoms. The lowest BCUT2D eigenvalue weighted by molar-refractivity contribution is 0.0938. The first-order valence-corrected chi connectivity index (χ1v) is 7.36. The molecular formula is C17H24N2O2. The Balaban J connectivity index is 1.96. The number of hydrogen-bond acceptors (Lipinski definition) is 3. The molecule has 0 saturated heterocycles. The molecule has 114 valence electrons. The first-order valence-electron chi connectivity index (χ1n) is 7.36. The van der Waals surface area contributed by atoms with Gasteiger partial charge in [0, 0.05) is 30.2 Å². The minimum atomic E-state index is 0.0816. The molecule has 4 heteroatoms. The molecule has 0 radical (unpaired) electrons. The molecule has 0 aliphatic heterocycles. The van der Waals surface area contributed by atoms with Gasteiger partial charge in [0.05, 0.1) is 19.8 Å². The van der Waals surface area contributed by atoms with Crippen molar-refractivity contribution < 1.29 is 9.84 Å². The van der Waals surface area contributed by atoms with Crippen LogP contribution in [0.4, 0.5) is 0 Å². The van der Waals surface area contributed by atoms with Crippen LogP contribution < -0.4 is 5.32 Å². The second-order valence-electron chi connectivity index (χ2n) is 5.08. The van der Waals surface area contributed by atoms with Gasteiger partial charge in [-0.25, -0.2) is 0 Å². The van der Waals surface area contributed by atoms with E-state index in [0.29, 0.717) is 13.2 Å². The maximum atomic E-state index is 8.63. The Bertz CT molecular complexity index is 549. The smallest absolute Gasteiger partial charge is 0.0698 e. The zero-order valence-electron chi connectivity index (χ0n) is 12.8. The Morgan fingerprint density at radius 2 is 1.90 bits per heavy atom. The summed E-state index contributed by atoms with van der Waals surface area (Å²) in [5, 5.41) is 12.0. The summed E-state index contributed by atoms with van der Waals surface area (Å²) in [6.45, 7) is 7.01. The summed E-state index contributed by atoms with van der Waals surface area (Å²) in [5.41, 5.74) is 5.01. The molecule has 2 aromatic rings.